The van der Waals surface area contributed by atoms with Gasteiger partial charge in [0.25, 0.3) is 5.91 Å². The molecule has 4 heteroatoms. The summed E-state index contributed by atoms with van der Waals surface area (Å²) in [5, 5.41) is 0. The van der Waals surface area contributed by atoms with Gasteiger partial charge in [0, 0.05) is 19.1 Å². The Labute approximate surface area is 169 Å². The molecule has 28 heavy (non-hydrogen) atoms. The van der Waals surface area contributed by atoms with E-state index in [-0.39, 0.29) is 11.5 Å². The van der Waals surface area contributed by atoms with Gasteiger partial charge in [-0.15, -0.1) is 0 Å². The van der Waals surface area contributed by atoms with E-state index in [9.17, 15) is 4.79 Å². The number of hydrogen-bond acceptors (Lipinski definition) is 3. The van der Waals surface area contributed by atoms with Crippen molar-refractivity contribution in [1.29, 1.82) is 0 Å². The number of rotatable bonds is 4. The third-order valence-corrected chi connectivity index (χ3v) is 7.01. The molecule has 1 spiro atoms. The Morgan fingerprint density at radius 1 is 1.18 bits per heavy atom. The van der Waals surface area contributed by atoms with Crippen LogP contribution in [0.4, 0.5) is 0 Å². The maximum Gasteiger partial charge on any atom is 0.257 e. The molecule has 0 radical (unpaired) electrons. The molecule has 1 atom stereocenters. The molecular formula is C24H34N2O2. The SMILES string of the molecule is CCN1CC2(CCC(N(C)C[C@@H]3CC=CCC3)CC2)Oc2ccccc2C1=O. The van der Waals surface area contributed by atoms with Crippen LogP contribution in [0, 0.1) is 5.92 Å². The number of fused-ring (bicyclic) bond motifs is 1. The Balaban J connectivity index is 1.44. The quantitative estimate of drug-likeness (QED) is 0.718. The molecule has 1 aromatic carbocycles. The minimum absolute atomic E-state index is 0.111. The zero-order valence-electron chi connectivity index (χ0n) is 17.4. The van der Waals surface area contributed by atoms with E-state index in [1.807, 2.05) is 29.2 Å². The molecule has 1 aromatic rings. The van der Waals surface area contributed by atoms with Crippen molar-refractivity contribution in [3.8, 4) is 5.75 Å². The van der Waals surface area contributed by atoms with Gasteiger partial charge in [-0.25, -0.2) is 0 Å². The first-order valence-corrected chi connectivity index (χ1v) is 11.0. The highest BCUT2D eigenvalue weighted by molar-refractivity contribution is 5.97. The lowest BCUT2D eigenvalue weighted by Crippen LogP contribution is -2.52. The average Bonchev–Trinajstić information content (AvgIpc) is 2.84. The molecule has 0 aromatic heterocycles. The largest absolute Gasteiger partial charge is 0.485 e. The zero-order chi connectivity index (χ0) is 19.6. The van der Waals surface area contributed by atoms with Gasteiger partial charge >= 0.3 is 0 Å². The van der Waals surface area contributed by atoms with Crippen molar-refractivity contribution in [3.63, 3.8) is 0 Å². The average molecular weight is 383 g/mol. The predicted octanol–water partition coefficient (Wildman–Crippen LogP) is 4.51. The van der Waals surface area contributed by atoms with Gasteiger partial charge in [0.05, 0.1) is 12.1 Å². The van der Waals surface area contributed by atoms with Crippen LogP contribution in [-0.4, -0.2) is 54.0 Å². The lowest BCUT2D eigenvalue weighted by Gasteiger charge is -2.44. The van der Waals surface area contributed by atoms with Crippen LogP contribution in [0.3, 0.4) is 0 Å². The number of nitrogens with zero attached hydrogens (tertiary/aromatic N) is 2. The second-order valence-corrected chi connectivity index (χ2v) is 8.92. The molecule has 3 aliphatic rings. The van der Waals surface area contributed by atoms with Crippen LogP contribution >= 0.6 is 0 Å². The first kappa shape index (κ1) is 19.5. The van der Waals surface area contributed by atoms with Gasteiger partial charge in [0.2, 0.25) is 0 Å². The number of hydrogen-bond donors (Lipinski definition) is 0. The second-order valence-electron chi connectivity index (χ2n) is 8.92. The number of likely N-dealkylation sites (N-methyl/N-ethyl adjacent to an activating group) is 1. The van der Waals surface area contributed by atoms with Gasteiger partial charge < -0.3 is 14.5 Å². The first-order valence-electron chi connectivity index (χ1n) is 11.0. The number of carbonyl (C=O) groups excluding carboxylic acids is 1. The molecule has 0 N–H and O–H groups in total. The van der Waals surface area contributed by atoms with E-state index in [1.165, 1.54) is 25.8 Å². The third kappa shape index (κ3) is 3.98. The standard InChI is InChI=1S/C24H34N2O2/c1-3-26-18-24(28-22-12-8-7-11-21(22)23(26)27)15-13-20(14-16-24)25(2)17-19-9-5-4-6-10-19/h4-5,7-8,11-12,19-20H,3,6,9-10,13-18H2,1-2H3/t19-,20?,24?/m1/s1. The van der Waals surface area contributed by atoms with Crippen molar-refractivity contribution in [2.24, 2.45) is 5.92 Å². The number of carbonyl (C=O) groups is 1. The fraction of sp³-hybridized carbons (Fsp3) is 0.625. The lowest BCUT2D eigenvalue weighted by atomic mass is 9.80. The van der Waals surface area contributed by atoms with E-state index in [4.69, 9.17) is 4.74 Å². The van der Waals surface area contributed by atoms with Crippen molar-refractivity contribution in [3.05, 3.63) is 42.0 Å². The van der Waals surface area contributed by atoms with Crippen molar-refractivity contribution in [2.75, 3.05) is 26.7 Å². The second kappa shape index (κ2) is 8.28. The Morgan fingerprint density at radius 3 is 2.68 bits per heavy atom. The molecule has 4 nitrogen and oxygen atoms in total. The molecule has 0 bridgehead atoms. The van der Waals surface area contributed by atoms with Crippen molar-refractivity contribution in [1.82, 2.24) is 9.80 Å². The van der Waals surface area contributed by atoms with Gasteiger partial charge in [0.1, 0.15) is 11.4 Å². The summed E-state index contributed by atoms with van der Waals surface area (Å²) in [5.74, 6) is 1.68. The van der Waals surface area contributed by atoms with Gasteiger partial charge in [-0.3, -0.25) is 4.79 Å². The number of para-hydroxylation sites is 1. The molecule has 0 unspecified atom stereocenters. The number of amides is 1. The maximum atomic E-state index is 12.9. The van der Waals surface area contributed by atoms with Crippen LogP contribution in [-0.2, 0) is 0 Å². The molecular weight excluding hydrogens is 348 g/mol. The van der Waals surface area contributed by atoms with Crippen LogP contribution in [0.5, 0.6) is 5.75 Å². The zero-order valence-corrected chi connectivity index (χ0v) is 17.4. The Hall–Kier alpha value is -1.81. The van der Waals surface area contributed by atoms with E-state index < -0.39 is 0 Å². The van der Waals surface area contributed by atoms with Crippen molar-refractivity contribution >= 4 is 5.91 Å². The smallest absolute Gasteiger partial charge is 0.257 e. The molecule has 1 saturated carbocycles. The van der Waals surface area contributed by atoms with Crippen LogP contribution in [0.2, 0.25) is 0 Å². The molecule has 0 saturated heterocycles. The highest BCUT2D eigenvalue weighted by Crippen LogP contribution is 2.39. The minimum Gasteiger partial charge on any atom is -0.485 e. The van der Waals surface area contributed by atoms with Crippen LogP contribution in [0.15, 0.2) is 36.4 Å². The third-order valence-electron chi connectivity index (χ3n) is 7.01. The van der Waals surface area contributed by atoms with Gasteiger partial charge in [-0.2, -0.15) is 0 Å². The molecule has 1 aliphatic heterocycles. The van der Waals surface area contributed by atoms with Crippen molar-refractivity contribution in [2.45, 2.75) is 63.5 Å². The first-order chi connectivity index (χ1) is 13.6. The summed E-state index contributed by atoms with van der Waals surface area (Å²) in [5.41, 5.74) is 0.481. The molecule has 152 valence electrons. The summed E-state index contributed by atoms with van der Waals surface area (Å²) in [6, 6.07) is 8.39. The van der Waals surface area contributed by atoms with E-state index in [1.54, 1.807) is 0 Å². The predicted molar refractivity (Wildman–Crippen MR) is 113 cm³/mol. The Morgan fingerprint density at radius 2 is 1.96 bits per heavy atom. The normalized spacial score (nSPS) is 30.2. The molecule has 1 fully saturated rings. The van der Waals surface area contributed by atoms with E-state index in [0.29, 0.717) is 18.2 Å². The molecule has 2 aliphatic carbocycles. The Kier molecular flexibility index (Phi) is 5.77. The summed E-state index contributed by atoms with van der Waals surface area (Å²) in [6.45, 7) is 4.71. The lowest BCUT2D eigenvalue weighted by molar-refractivity contribution is -0.0125. The monoisotopic (exact) mass is 382 g/mol. The summed E-state index contributed by atoms with van der Waals surface area (Å²) in [4.78, 5) is 17.5. The summed E-state index contributed by atoms with van der Waals surface area (Å²) >= 11 is 0. The molecule has 1 heterocycles. The Bertz CT molecular complexity index is 721. The van der Waals surface area contributed by atoms with Crippen LogP contribution < -0.4 is 4.74 Å². The van der Waals surface area contributed by atoms with E-state index >= 15 is 0 Å². The number of allylic oxidation sites excluding steroid dienone is 2. The highest BCUT2D eigenvalue weighted by Gasteiger charge is 2.43. The summed E-state index contributed by atoms with van der Waals surface area (Å²) in [7, 11) is 2.30. The van der Waals surface area contributed by atoms with Crippen LogP contribution in [0.25, 0.3) is 0 Å². The van der Waals surface area contributed by atoms with Gasteiger partial charge in [-0.1, -0.05) is 24.3 Å². The maximum absolute atomic E-state index is 12.9. The van der Waals surface area contributed by atoms with E-state index in [0.717, 1.165) is 43.9 Å². The topological polar surface area (TPSA) is 32.8 Å². The summed E-state index contributed by atoms with van der Waals surface area (Å²) in [6.07, 6.45) is 12.8. The van der Waals surface area contributed by atoms with Crippen LogP contribution in [0.1, 0.15) is 62.2 Å². The molecule has 4 rings (SSSR count). The van der Waals surface area contributed by atoms with E-state index in [2.05, 4.69) is 31.0 Å². The van der Waals surface area contributed by atoms with Gasteiger partial charge in [-0.05, 0) is 77.0 Å². The van der Waals surface area contributed by atoms with Crippen molar-refractivity contribution < 1.29 is 9.53 Å². The highest BCUT2D eigenvalue weighted by atomic mass is 16.5. The fourth-order valence-corrected chi connectivity index (χ4v) is 5.25. The summed E-state index contributed by atoms with van der Waals surface area (Å²) < 4.78 is 6.58. The minimum atomic E-state index is -0.233. The fourth-order valence-electron chi connectivity index (χ4n) is 5.25. The molecule has 1 amide bonds. The van der Waals surface area contributed by atoms with Gasteiger partial charge in [0.15, 0.2) is 0 Å². The number of ether oxygens (including phenoxy) is 1. The number of benzene rings is 1.